The number of carbonyl (C=O) groups excluding carboxylic acids is 1. The maximum absolute atomic E-state index is 11.2. The van der Waals surface area contributed by atoms with Gasteiger partial charge >= 0.3 is 5.97 Å². The number of esters is 1. The number of hydrogen-bond acceptors (Lipinski definition) is 4. The molecule has 1 saturated heterocycles. The molecule has 1 rings (SSSR count). The van der Waals surface area contributed by atoms with Gasteiger partial charge < -0.3 is 14.2 Å². The zero-order valence-electron chi connectivity index (χ0n) is 8.21. The first-order valence-electron chi connectivity index (χ1n) is 4.40. The molecule has 1 atom stereocenters. The van der Waals surface area contributed by atoms with Crippen molar-refractivity contribution < 1.29 is 19.0 Å². The molecule has 0 radical (unpaired) electrons. The second-order valence-corrected chi connectivity index (χ2v) is 3.21. The lowest BCUT2D eigenvalue weighted by atomic mass is 10.2. The lowest BCUT2D eigenvalue weighted by Gasteiger charge is -2.02. The van der Waals surface area contributed by atoms with Crippen molar-refractivity contribution in [3.8, 4) is 0 Å². The Morgan fingerprint density at radius 1 is 1.71 bits per heavy atom. The summed E-state index contributed by atoms with van der Waals surface area (Å²) in [5.41, 5.74) is 0. The van der Waals surface area contributed by atoms with Crippen LogP contribution in [0.4, 0.5) is 0 Å². The molecular weight excluding hydrogens is 208 g/mol. The molecule has 1 aliphatic rings. The van der Waals surface area contributed by atoms with Crippen LogP contribution in [0.1, 0.15) is 13.3 Å². The van der Waals surface area contributed by atoms with Gasteiger partial charge in [-0.05, 0) is 6.92 Å². The summed E-state index contributed by atoms with van der Waals surface area (Å²) in [6, 6.07) is 0. The smallest absolute Gasteiger partial charge is 0.353 e. The monoisotopic (exact) mass is 220 g/mol. The van der Waals surface area contributed by atoms with Gasteiger partial charge in [0.1, 0.15) is 12.4 Å². The molecule has 0 aromatic heterocycles. The minimum Gasteiger partial charge on any atom is -0.493 e. The molecule has 4 nitrogen and oxygen atoms in total. The van der Waals surface area contributed by atoms with Crippen molar-refractivity contribution in [1.29, 1.82) is 0 Å². The Morgan fingerprint density at radius 2 is 2.43 bits per heavy atom. The van der Waals surface area contributed by atoms with Crippen LogP contribution in [0.5, 0.6) is 0 Å². The SMILES string of the molecule is CCOC(=O)/C(Cl)=C1\CC(OC)CO1. The van der Waals surface area contributed by atoms with Gasteiger partial charge in [-0.3, -0.25) is 0 Å². The Bertz CT molecular complexity index is 249. The minimum absolute atomic E-state index is 0.0198. The number of methoxy groups -OCH3 is 1. The topological polar surface area (TPSA) is 44.8 Å². The summed E-state index contributed by atoms with van der Waals surface area (Å²) in [4.78, 5) is 11.2. The standard InChI is InChI=1S/C9H13ClO4/c1-3-13-9(11)8(10)7-4-6(12-2)5-14-7/h6H,3-5H2,1-2H3/b8-7-. The third-order valence-electron chi connectivity index (χ3n) is 1.89. The van der Waals surface area contributed by atoms with Gasteiger partial charge in [-0.25, -0.2) is 4.79 Å². The molecule has 0 aromatic rings. The van der Waals surface area contributed by atoms with Crippen molar-refractivity contribution in [2.45, 2.75) is 19.4 Å². The minimum atomic E-state index is -0.541. The summed E-state index contributed by atoms with van der Waals surface area (Å²) >= 11 is 5.76. The first-order chi connectivity index (χ1) is 6.69. The fourth-order valence-electron chi connectivity index (χ4n) is 1.13. The molecular formula is C9H13ClO4. The van der Waals surface area contributed by atoms with E-state index in [4.69, 9.17) is 25.8 Å². The Balaban J connectivity index is 2.61. The largest absolute Gasteiger partial charge is 0.493 e. The molecule has 80 valence electrons. The molecule has 0 N–H and O–H groups in total. The highest BCUT2D eigenvalue weighted by Crippen LogP contribution is 2.25. The number of ether oxygens (including phenoxy) is 3. The average molecular weight is 221 g/mol. The zero-order valence-corrected chi connectivity index (χ0v) is 8.97. The molecule has 0 saturated carbocycles. The van der Waals surface area contributed by atoms with Gasteiger partial charge in [0, 0.05) is 13.5 Å². The van der Waals surface area contributed by atoms with E-state index >= 15 is 0 Å². The van der Waals surface area contributed by atoms with Gasteiger partial charge in [0.25, 0.3) is 0 Å². The van der Waals surface area contributed by atoms with E-state index in [9.17, 15) is 4.79 Å². The molecule has 0 bridgehead atoms. The number of carbonyl (C=O) groups is 1. The number of rotatable bonds is 3. The van der Waals surface area contributed by atoms with Gasteiger partial charge in [-0.15, -0.1) is 0 Å². The predicted molar refractivity (Wildman–Crippen MR) is 50.9 cm³/mol. The van der Waals surface area contributed by atoms with Crippen molar-refractivity contribution in [3.05, 3.63) is 10.8 Å². The van der Waals surface area contributed by atoms with Crippen LogP contribution >= 0.6 is 11.6 Å². The summed E-state index contributed by atoms with van der Waals surface area (Å²) in [7, 11) is 1.59. The van der Waals surface area contributed by atoms with Crippen molar-refractivity contribution in [2.24, 2.45) is 0 Å². The van der Waals surface area contributed by atoms with E-state index in [0.29, 0.717) is 25.4 Å². The fourth-order valence-corrected chi connectivity index (χ4v) is 1.32. The third kappa shape index (κ3) is 2.62. The van der Waals surface area contributed by atoms with Gasteiger partial charge in [-0.1, -0.05) is 11.6 Å². The number of hydrogen-bond donors (Lipinski definition) is 0. The average Bonchev–Trinajstić information content (AvgIpc) is 2.65. The molecule has 1 aliphatic heterocycles. The highest BCUT2D eigenvalue weighted by atomic mass is 35.5. The molecule has 0 aromatic carbocycles. The lowest BCUT2D eigenvalue weighted by Crippen LogP contribution is -2.08. The molecule has 0 aliphatic carbocycles. The summed E-state index contributed by atoms with van der Waals surface area (Å²) in [5.74, 6) is -0.0853. The van der Waals surface area contributed by atoms with E-state index in [1.165, 1.54) is 0 Å². The molecule has 1 fully saturated rings. The number of halogens is 1. The first kappa shape index (κ1) is 11.3. The van der Waals surface area contributed by atoms with E-state index in [1.807, 2.05) is 0 Å². The molecule has 0 spiro atoms. The van der Waals surface area contributed by atoms with Crippen molar-refractivity contribution >= 4 is 17.6 Å². The van der Waals surface area contributed by atoms with Crippen LogP contribution in [0, 0.1) is 0 Å². The fraction of sp³-hybridized carbons (Fsp3) is 0.667. The van der Waals surface area contributed by atoms with E-state index in [0.717, 1.165) is 0 Å². The Hall–Kier alpha value is -0.740. The summed E-state index contributed by atoms with van der Waals surface area (Å²) in [5, 5.41) is 0.0198. The van der Waals surface area contributed by atoms with Crippen LogP contribution in [0.25, 0.3) is 0 Å². The summed E-state index contributed by atoms with van der Waals surface area (Å²) in [6.45, 7) is 2.46. The van der Waals surface area contributed by atoms with E-state index in [2.05, 4.69) is 0 Å². The second kappa shape index (κ2) is 5.22. The van der Waals surface area contributed by atoms with Crippen molar-refractivity contribution in [1.82, 2.24) is 0 Å². The van der Waals surface area contributed by atoms with Crippen molar-refractivity contribution in [3.63, 3.8) is 0 Å². The zero-order chi connectivity index (χ0) is 10.6. The highest BCUT2D eigenvalue weighted by Gasteiger charge is 2.26. The third-order valence-corrected chi connectivity index (χ3v) is 2.25. The Morgan fingerprint density at radius 3 is 2.93 bits per heavy atom. The Kier molecular flexibility index (Phi) is 4.22. The second-order valence-electron chi connectivity index (χ2n) is 2.83. The maximum atomic E-state index is 11.2. The summed E-state index contributed by atoms with van der Waals surface area (Å²) < 4.78 is 15.0. The first-order valence-corrected chi connectivity index (χ1v) is 4.78. The highest BCUT2D eigenvalue weighted by molar-refractivity contribution is 6.41. The van der Waals surface area contributed by atoms with Crippen LogP contribution in [-0.2, 0) is 19.0 Å². The van der Waals surface area contributed by atoms with E-state index in [-0.39, 0.29) is 11.1 Å². The van der Waals surface area contributed by atoms with Crippen LogP contribution in [0.3, 0.4) is 0 Å². The van der Waals surface area contributed by atoms with E-state index < -0.39 is 5.97 Å². The lowest BCUT2D eigenvalue weighted by molar-refractivity contribution is -0.137. The maximum Gasteiger partial charge on any atom is 0.353 e. The molecule has 0 amide bonds. The van der Waals surface area contributed by atoms with Gasteiger partial charge in [0.15, 0.2) is 5.03 Å². The normalized spacial score (nSPS) is 24.4. The van der Waals surface area contributed by atoms with E-state index in [1.54, 1.807) is 14.0 Å². The predicted octanol–water partition coefficient (Wildman–Crippen LogP) is 1.44. The van der Waals surface area contributed by atoms with Crippen molar-refractivity contribution in [2.75, 3.05) is 20.3 Å². The van der Waals surface area contributed by atoms with Gasteiger partial charge in [0.2, 0.25) is 0 Å². The quantitative estimate of drug-likeness (QED) is 0.533. The molecule has 1 unspecified atom stereocenters. The molecule has 14 heavy (non-hydrogen) atoms. The van der Waals surface area contributed by atoms with Crippen LogP contribution in [-0.4, -0.2) is 32.4 Å². The van der Waals surface area contributed by atoms with Crippen LogP contribution in [0.2, 0.25) is 0 Å². The Labute approximate surface area is 87.8 Å². The van der Waals surface area contributed by atoms with Crippen LogP contribution in [0.15, 0.2) is 10.8 Å². The van der Waals surface area contributed by atoms with Gasteiger partial charge in [0.05, 0.1) is 12.7 Å². The van der Waals surface area contributed by atoms with Crippen LogP contribution < -0.4 is 0 Å². The van der Waals surface area contributed by atoms with Gasteiger partial charge in [-0.2, -0.15) is 0 Å². The summed E-state index contributed by atoms with van der Waals surface area (Å²) in [6.07, 6.45) is 0.502. The molecule has 5 heteroatoms. The molecule has 1 heterocycles.